The van der Waals surface area contributed by atoms with Crippen molar-refractivity contribution in [3.63, 3.8) is 0 Å². The van der Waals surface area contributed by atoms with Crippen LogP contribution in [-0.2, 0) is 11.3 Å². The Bertz CT molecular complexity index is 1200. The van der Waals surface area contributed by atoms with Gasteiger partial charge in [0.1, 0.15) is 18.1 Å². The summed E-state index contributed by atoms with van der Waals surface area (Å²) in [5.41, 5.74) is 4.98. The smallest absolute Gasteiger partial charge is 0.276 e. The van der Waals surface area contributed by atoms with E-state index in [0.717, 1.165) is 26.7 Å². The van der Waals surface area contributed by atoms with Gasteiger partial charge in [0.2, 0.25) is 0 Å². The van der Waals surface area contributed by atoms with Crippen LogP contribution in [0.4, 0.5) is 0 Å². The van der Waals surface area contributed by atoms with Gasteiger partial charge in [-0.25, -0.2) is 0 Å². The standard InChI is InChI=1S/C23H22BrN3O2S/c1-14-4-6-18(10-15(14)2)29-9-8-27-13-16(19-12-17(24)5-7-21(19)27)11-20-22(28)26(3)23(30)25-20/h4-7,10-13H,8-9H2,1-3H3,(H,25,30)/b20-11-. The summed E-state index contributed by atoms with van der Waals surface area (Å²) in [4.78, 5) is 13.8. The lowest BCUT2D eigenvalue weighted by Gasteiger charge is -2.10. The summed E-state index contributed by atoms with van der Waals surface area (Å²) in [7, 11) is 1.67. The van der Waals surface area contributed by atoms with E-state index < -0.39 is 0 Å². The molecule has 1 fully saturated rings. The van der Waals surface area contributed by atoms with Crippen LogP contribution in [-0.4, -0.2) is 34.1 Å². The highest BCUT2D eigenvalue weighted by atomic mass is 79.9. The van der Waals surface area contributed by atoms with Crippen LogP contribution < -0.4 is 10.1 Å². The van der Waals surface area contributed by atoms with Crippen molar-refractivity contribution in [3.8, 4) is 5.75 Å². The molecule has 1 aliphatic rings. The molecule has 1 aliphatic heterocycles. The number of nitrogens with zero attached hydrogens (tertiary/aromatic N) is 2. The second-order valence-corrected chi connectivity index (χ2v) is 8.69. The van der Waals surface area contributed by atoms with Crippen LogP contribution in [0.25, 0.3) is 17.0 Å². The van der Waals surface area contributed by atoms with E-state index in [1.807, 2.05) is 24.4 Å². The van der Waals surface area contributed by atoms with E-state index in [1.54, 1.807) is 7.05 Å². The van der Waals surface area contributed by atoms with Crippen LogP contribution in [0.1, 0.15) is 16.7 Å². The molecule has 1 aromatic heterocycles. The van der Waals surface area contributed by atoms with E-state index in [0.29, 0.717) is 24.0 Å². The summed E-state index contributed by atoms with van der Waals surface area (Å²) >= 11 is 8.73. The quantitative estimate of drug-likeness (QED) is 0.418. The largest absolute Gasteiger partial charge is 0.492 e. The summed E-state index contributed by atoms with van der Waals surface area (Å²) in [6.07, 6.45) is 3.90. The van der Waals surface area contributed by atoms with Crippen molar-refractivity contribution < 1.29 is 9.53 Å². The number of carbonyl (C=O) groups is 1. The lowest BCUT2D eigenvalue weighted by Crippen LogP contribution is -2.25. The van der Waals surface area contributed by atoms with E-state index in [4.69, 9.17) is 17.0 Å². The van der Waals surface area contributed by atoms with E-state index >= 15 is 0 Å². The molecule has 30 heavy (non-hydrogen) atoms. The minimum atomic E-state index is -0.131. The van der Waals surface area contributed by atoms with Crippen molar-refractivity contribution in [2.24, 2.45) is 0 Å². The maximum absolute atomic E-state index is 12.4. The Labute approximate surface area is 189 Å². The Hall–Kier alpha value is -2.64. The van der Waals surface area contributed by atoms with Crippen LogP contribution in [0.2, 0.25) is 0 Å². The number of hydrogen-bond acceptors (Lipinski definition) is 3. The highest BCUT2D eigenvalue weighted by Gasteiger charge is 2.27. The highest BCUT2D eigenvalue weighted by molar-refractivity contribution is 9.10. The summed E-state index contributed by atoms with van der Waals surface area (Å²) in [6.45, 7) is 5.41. The number of likely N-dealkylation sites (N-methyl/N-ethyl adjacent to an activating group) is 1. The van der Waals surface area contributed by atoms with Crippen molar-refractivity contribution in [3.05, 3.63) is 69.5 Å². The van der Waals surface area contributed by atoms with Gasteiger partial charge in [-0.3, -0.25) is 9.69 Å². The number of hydrogen-bond donors (Lipinski definition) is 1. The number of aryl methyl sites for hydroxylation is 2. The van der Waals surface area contributed by atoms with E-state index in [9.17, 15) is 4.79 Å². The van der Waals surface area contributed by atoms with Crippen molar-refractivity contribution in [1.82, 2.24) is 14.8 Å². The van der Waals surface area contributed by atoms with Crippen LogP contribution in [0.15, 0.2) is 52.8 Å². The Kier molecular flexibility index (Phi) is 5.66. The average Bonchev–Trinajstić information content (AvgIpc) is 3.16. The fourth-order valence-electron chi connectivity index (χ4n) is 3.44. The Morgan fingerprint density at radius 1 is 1.17 bits per heavy atom. The number of amides is 1. The second kappa shape index (κ2) is 8.24. The summed E-state index contributed by atoms with van der Waals surface area (Å²) < 4.78 is 9.10. The zero-order chi connectivity index (χ0) is 21.4. The number of ether oxygens (including phenoxy) is 1. The molecule has 1 N–H and O–H groups in total. The molecule has 1 amide bonds. The average molecular weight is 484 g/mol. The minimum Gasteiger partial charge on any atom is -0.492 e. The zero-order valence-corrected chi connectivity index (χ0v) is 19.4. The summed E-state index contributed by atoms with van der Waals surface area (Å²) in [5, 5.41) is 4.46. The van der Waals surface area contributed by atoms with Crippen LogP contribution in [0, 0.1) is 13.8 Å². The molecule has 3 aromatic rings. The first kappa shape index (κ1) is 20.6. The molecule has 2 heterocycles. The molecule has 154 valence electrons. The Morgan fingerprint density at radius 2 is 1.97 bits per heavy atom. The molecule has 2 aromatic carbocycles. The van der Waals surface area contributed by atoms with Gasteiger partial charge >= 0.3 is 0 Å². The SMILES string of the molecule is Cc1ccc(OCCn2cc(/C=C3\NC(=S)N(C)C3=O)c3cc(Br)ccc32)cc1C. The molecule has 0 bridgehead atoms. The first-order valence-corrected chi connectivity index (χ1v) is 10.8. The number of aromatic nitrogens is 1. The number of fused-ring (bicyclic) bond motifs is 1. The van der Waals surface area contributed by atoms with Gasteiger partial charge in [-0.1, -0.05) is 22.0 Å². The summed E-state index contributed by atoms with van der Waals surface area (Å²) in [5.74, 6) is 0.742. The molecule has 0 atom stereocenters. The maximum Gasteiger partial charge on any atom is 0.276 e. The maximum atomic E-state index is 12.4. The fraction of sp³-hybridized carbons (Fsp3) is 0.217. The molecule has 7 heteroatoms. The van der Waals surface area contributed by atoms with Crippen molar-refractivity contribution in [1.29, 1.82) is 0 Å². The van der Waals surface area contributed by atoms with Crippen LogP contribution in [0.5, 0.6) is 5.75 Å². The molecule has 0 aliphatic carbocycles. The third-order valence-corrected chi connectivity index (χ3v) is 6.20. The molecular weight excluding hydrogens is 462 g/mol. The summed E-state index contributed by atoms with van der Waals surface area (Å²) in [6, 6.07) is 12.3. The first-order valence-electron chi connectivity index (χ1n) is 9.62. The topological polar surface area (TPSA) is 46.5 Å². The van der Waals surface area contributed by atoms with Crippen LogP contribution in [0.3, 0.4) is 0 Å². The van der Waals surface area contributed by atoms with Crippen LogP contribution >= 0.6 is 28.1 Å². The lowest BCUT2D eigenvalue weighted by atomic mass is 10.1. The molecule has 0 radical (unpaired) electrons. The van der Waals surface area contributed by atoms with Gasteiger partial charge in [0.25, 0.3) is 5.91 Å². The van der Waals surface area contributed by atoms with Crippen molar-refractivity contribution in [2.75, 3.05) is 13.7 Å². The van der Waals surface area contributed by atoms with E-state index in [2.05, 4.69) is 63.9 Å². The number of carbonyl (C=O) groups excluding carboxylic acids is 1. The first-order chi connectivity index (χ1) is 14.3. The normalized spacial score (nSPS) is 15.3. The van der Waals surface area contributed by atoms with Gasteiger partial charge in [0.15, 0.2) is 5.11 Å². The number of nitrogens with one attached hydrogen (secondary N) is 1. The highest BCUT2D eigenvalue weighted by Crippen LogP contribution is 2.28. The predicted octanol–water partition coefficient (Wildman–Crippen LogP) is 4.79. The number of halogens is 1. The molecule has 1 saturated heterocycles. The van der Waals surface area contributed by atoms with Crippen molar-refractivity contribution >= 4 is 56.1 Å². The van der Waals surface area contributed by atoms with Crippen molar-refractivity contribution in [2.45, 2.75) is 20.4 Å². The Balaban J connectivity index is 1.60. The zero-order valence-electron chi connectivity index (χ0n) is 17.0. The Morgan fingerprint density at radius 3 is 2.67 bits per heavy atom. The number of thiocarbonyl (C=S) groups is 1. The predicted molar refractivity (Wildman–Crippen MR) is 128 cm³/mol. The number of benzene rings is 2. The van der Waals surface area contributed by atoms with E-state index in [1.165, 1.54) is 16.0 Å². The fourth-order valence-corrected chi connectivity index (χ4v) is 4.00. The third kappa shape index (κ3) is 4.00. The second-order valence-electron chi connectivity index (χ2n) is 7.39. The van der Waals surface area contributed by atoms with Gasteiger partial charge in [0, 0.05) is 34.2 Å². The van der Waals surface area contributed by atoms with Gasteiger partial charge < -0.3 is 14.6 Å². The lowest BCUT2D eigenvalue weighted by molar-refractivity contribution is -0.121. The molecular formula is C23H22BrN3O2S. The minimum absolute atomic E-state index is 0.131. The monoisotopic (exact) mass is 483 g/mol. The molecule has 0 spiro atoms. The van der Waals surface area contributed by atoms with Gasteiger partial charge in [0.05, 0.1) is 6.54 Å². The van der Waals surface area contributed by atoms with E-state index in [-0.39, 0.29) is 5.91 Å². The molecule has 4 rings (SSSR count). The molecule has 5 nitrogen and oxygen atoms in total. The molecule has 0 saturated carbocycles. The third-order valence-electron chi connectivity index (χ3n) is 5.33. The molecule has 0 unspecified atom stereocenters. The number of rotatable bonds is 5. The van der Waals surface area contributed by atoms with Gasteiger partial charge in [-0.05, 0) is 73.6 Å². The van der Waals surface area contributed by atoms with Gasteiger partial charge in [-0.2, -0.15) is 0 Å². The van der Waals surface area contributed by atoms with Gasteiger partial charge in [-0.15, -0.1) is 0 Å².